The van der Waals surface area contributed by atoms with Crippen LogP contribution in [0.2, 0.25) is 0 Å². The van der Waals surface area contributed by atoms with Crippen molar-refractivity contribution in [2.24, 2.45) is 0 Å². The highest BCUT2D eigenvalue weighted by atomic mass is 19.4. The molecule has 3 aromatic rings. The highest BCUT2D eigenvalue weighted by Crippen LogP contribution is 2.30. The number of aromatic nitrogens is 2. The Morgan fingerprint density at radius 2 is 1.96 bits per heavy atom. The van der Waals surface area contributed by atoms with E-state index in [0.717, 1.165) is 18.6 Å². The molecule has 0 bridgehead atoms. The van der Waals surface area contributed by atoms with Crippen LogP contribution >= 0.6 is 0 Å². The molecule has 0 radical (unpaired) electrons. The number of nitrogens with zero attached hydrogens (tertiary/aromatic N) is 2. The minimum Gasteiger partial charge on any atom is -0.322 e. The van der Waals surface area contributed by atoms with E-state index >= 15 is 0 Å². The molecule has 2 aromatic carbocycles. The highest BCUT2D eigenvalue weighted by Gasteiger charge is 2.30. The van der Waals surface area contributed by atoms with Crippen LogP contribution in [0.25, 0.3) is 10.9 Å². The molecule has 2 heterocycles. The number of fused-ring (bicyclic) bond motifs is 2. The summed E-state index contributed by atoms with van der Waals surface area (Å²) in [5, 5.41) is 2.87. The number of anilines is 1. The quantitative estimate of drug-likeness (QED) is 0.746. The fourth-order valence-corrected chi connectivity index (χ4v) is 3.20. The summed E-state index contributed by atoms with van der Waals surface area (Å²) in [5.41, 5.74) is -0.321. The van der Waals surface area contributed by atoms with Gasteiger partial charge < -0.3 is 5.32 Å². The van der Waals surface area contributed by atoms with Gasteiger partial charge in [0.25, 0.3) is 11.5 Å². The van der Waals surface area contributed by atoms with Crippen LogP contribution in [-0.2, 0) is 19.1 Å². The second kappa shape index (κ2) is 6.22. The Bertz CT molecular complexity index is 1120. The van der Waals surface area contributed by atoms with Crippen molar-refractivity contribution in [2.75, 3.05) is 5.32 Å². The largest absolute Gasteiger partial charge is 0.416 e. The van der Waals surface area contributed by atoms with Gasteiger partial charge in [-0.2, -0.15) is 13.2 Å². The highest BCUT2D eigenvalue weighted by molar-refractivity contribution is 6.06. The first-order chi connectivity index (χ1) is 12.8. The van der Waals surface area contributed by atoms with Gasteiger partial charge in [0.1, 0.15) is 5.82 Å². The fourth-order valence-electron chi connectivity index (χ4n) is 3.20. The molecule has 0 spiro atoms. The molecule has 1 aliphatic rings. The van der Waals surface area contributed by atoms with E-state index in [1.54, 1.807) is 4.57 Å². The second-order valence-corrected chi connectivity index (χ2v) is 6.35. The Balaban J connectivity index is 1.66. The number of aryl methyl sites for hydroxylation is 1. The smallest absolute Gasteiger partial charge is 0.322 e. The summed E-state index contributed by atoms with van der Waals surface area (Å²) in [7, 11) is 0. The van der Waals surface area contributed by atoms with E-state index in [4.69, 9.17) is 0 Å². The van der Waals surface area contributed by atoms with E-state index in [9.17, 15) is 22.8 Å². The first-order valence-electron chi connectivity index (χ1n) is 8.35. The summed E-state index contributed by atoms with van der Waals surface area (Å²) in [6.07, 6.45) is -2.94. The molecule has 0 aliphatic carbocycles. The van der Waals surface area contributed by atoms with Crippen molar-refractivity contribution in [3.8, 4) is 0 Å². The summed E-state index contributed by atoms with van der Waals surface area (Å²) in [5.74, 6) is 0.113. The average Bonchev–Trinajstić information content (AvgIpc) is 3.09. The zero-order chi connectivity index (χ0) is 19.2. The molecular weight excluding hydrogens is 359 g/mol. The number of carbonyl (C=O) groups is 1. The summed E-state index contributed by atoms with van der Waals surface area (Å²) < 4.78 is 40.0. The Kier molecular flexibility index (Phi) is 3.98. The van der Waals surface area contributed by atoms with Gasteiger partial charge in [-0.15, -0.1) is 0 Å². The zero-order valence-corrected chi connectivity index (χ0v) is 14.0. The lowest BCUT2D eigenvalue weighted by Crippen LogP contribution is -2.21. The molecule has 1 N–H and O–H groups in total. The molecule has 0 saturated heterocycles. The van der Waals surface area contributed by atoms with Gasteiger partial charge in [0.2, 0.25) is 0 Å². The minimum atomic E-state index is -4.49. The lowest BCUT2D eigenvalue weighted by Gasteiger charge is -2.10. The van der Waals surface area contributed by atoms with Gasteiger partial charge in [0.15, 0.2) is 0 Å². The molecule has 138 valence electrons. The lowest BCUT2D eigenvalue weighted by molar-refractivity contribution is -0.137. The number of hydrogen-bond donors (Lipinski definition) is 1. The summed E-state index contributed by atoms with van der Waals surface area (Å²) in [6, 6.07) is 8.89. The van der Waals surface area contributed by atoms with Crippen LogP contribution in [0.4, 0.5) is 18.9 Å². The number of benzene rings is 2. The van der Waals surface area contributed by atoms with Gasteiger partial charge in [-0.1, -0.05) is 6.07 Å². The third-order valence-electron chi connectivity index (χ3n) is 4.53. The molecule has 4 rings (SSSR count). The van der Waals surface area contributed by atoms with Crippen molar-refractivity contribution in [2.45, 2.75) is 25.6 Å². The predicted octanol–water partition coefficient (Wildman–Crippen LogP) is 3.61. The van der Waals surface area contributed by atoms with E-state index in [1.807, 2.05) is 0 Å². The predicted molar refractivity (Wildman–Crippen MR) is 93.7 cm³/mol. The molecule has 0 saturated carbocycles. The Morgan fingerprint density at radius 3 is 2.74 bits per heavy atom. The van der Waals surface area contributed by atoms with Crippen molar-refractivity contribution in [3.05, 3.63) is 69.8 Å². The van der Waals surface area contributed by atoms with E-state index < -0.39 is 17.6 Å². The number of rotatable bonds is 2. The second-order valence-electron chi connectivity index (χ2n) is 6.35. The van der Waals surface area contributed by atoms with Crippen LogP contribution in [0, 0.1) is 0 Å². The number of amides is 1. The lowest BCUT2D eigenvalue weighted by atomic mass is 10.1. The summed E-state index contributed by atoms with van der Waals surface area (Å²) in [6.45, 7) is 0.634. The topological polar surface area (TPSA) is 64.0 Å². The van der Waals surface area contributed by atoms with Crippen molar-refractivity contribution >= 4 is 22.5 Å². The maximum absolute atomic E-state index is 12.8. The van der Waals surface area contributed by atoms with E-state index in [-0.39, 0.29) is 16.8 Å². The Labute approximate surface area is 151 Å². The third-order valence-corrected chi connectivity index (χ3v) is 4.53. The number of nitrogens with one attached hydrogen (secondary N) is 1. The van der Waals surface area contributed by atoms with Crippen molar-refractivity contribution in [1.82, 2.24) is 9.55 Å². The number of carbonyl (C=O) groups excluding carboxylic acids is 1. The van der Waals surface area contributed by atoms with Crippen LogP contribution in [0.1, 0.15) is 28.2 Å². The molecule has 1 aromatic heterocycles. The Hall–Kier alpha value is -3.16. The molecule has 1 amide bonds. The monoisotopic (exact) mass is 373 g/mol. The first kappa shape index (κ1) is 17.3. The van der Waals surface area contributed by atoms with Crippen LogP contribution in [0.15, 0.2) is 47.3 Å². The molecular formula is C19H14F3N3O2. The van der Waals surface area contributed by atoms with Crippen molar-refractivity contribution in [3.63, 3.8) is 0 Å². The molecule has 0 unspecified atom stereocenters. The van der Waals surface area contributed by atoms with E-state index in [0.29, 0.717) is 29.7 Å². The molecule has 0 atom stereocenters. The van der Waals surface area contributed by atoms with Crippen molar-refractivity contribution < 1.29 is 18.0 Å². The van der Waals surface area contributed by atoms with Crippen LogP contribution in [0.3, 0.4) is 0 Å². The van der Waals surface area contributed by atoms with Gasteiger partial charge in [-0.05, 0) is 42.8 Å². The maximum atomic E-state index is 12.8. The van der Waals surface area contributed by atoms with Crippen molar-refractivity contribution in [1.29, 1.82) is 0 Å². The Morgan fingerprint density at radius 1 is 1.15 bits per heavy atom. The average molecular weight is 373 g/mol. The third kappa shape index (κ3) is 3.18. The molecule has 27 heavy (non-hydrogen) atoms. The molecule has 5 nitrogen and oxygen atoms in total. The molecule has 1 aliphatic heterocycles. The molecule has 8 heteroatoms. The number of halogens is 3. The normalized spacial score (nSPS) is 13.6. The standard InChI is InChI=1S/C19H14F3N3O2/c20-19(21,22)12-3-1-4-13(10-12)23-17(26)11-6-7-14-15(9-11)24-16-5-2-8-25(16)18(14)27/h1,3-4,6-7,9-10H,2,5,8H2,(H,23,26). The maximum Gasteiger partial charge on any atom is 0.416 e. The van der Waals surface area contributed by atoms with Gasteiger partial charge in [0.05, 0.1) is 16.5 Å². The SMILES string of the molecule is O=C(Nc1cccc(C(F)(F)F)c1)c1ccc2c(=O)n3c(nc2c1)CCC3. The van der Waals surface area contributed by atoms with E-state index in [2.05, 4.69) is 10.3 Å². The van der Waals surface area contributed by atoms with Crippen LogP contribution in [-0.4, -0.2) is 15.5 Å². The van der Waals surface area contributed by atoms with Crippen LogP contribution < -0.4 is 10.9 Å². The molecule has 0 fully saturated rings. The summed E-state index contributed by atoms with van der Waals surface area (Å²) in [4.78, 5) is 29.3. The van der Waals surface area contributed by atoms with E-state index in [1.165, 1.54) is 30.3 Å². The van der Waals surface area contributed by atoms with Crippen LogP contribution in [0.5, 0.6) is 0 Å². The fraction of sp³-hybridized carbons (Fsp3) is 0.211. The number of hydrogen-bond acceptors (Lipinski definition) is 3. The zero-order valence-electron chi connectivity index (χ0n) is 14.0. The van der Waals surface area contributed by atoms with Gasteiger partial charge in [-0.3, -0.25) is 14.2 Å². The first-order valence-corrected chi connectivity index (χ1v) is 8.35. The van der Waals surface area contributed by atoms with Gasteiger partial charge in [-0.25, -0.2) is 4.98 Å². The number of alkyl halides is 3. The van der Waals surface area contributed by atoms with Gasteiger partial charge >= 0.3 is 6.18 Å². The summed E-state index contributed by atoms with van der Waals surface area (Å²) >= 11 is 0. The minimum absolute atomic E-state index is 0.0388. The van der Waals surface area contributed by atoms with Gasteiger partial charge in [0, 0.05) is 24.2 Å².